The zero-order chi connectivity index (χ0) is 20.4. The first-order valence-corrected chi connectivity index (χ1v) is 8.74. The van der Waals surface area contributed by atoms with Crippen molar-refractivity contribution in [3.63, 3.8) is 0 Å². The van der Waals surface area contributed by atoms with Crippen LogP contribution < -0.4 is 10.1 Å². The third-order valence-electron chi connectivity index (χ3n) is 4.80. The molecule has 2 rings (SSSR count). The summed E-state index contributed by atoms with van der Waals surface area (Å²) in [6, 6.07) is 1.49. The van der Waals surface area contributed by atoms with Crippen molar-refractivity contribution < 1.29 is 27.5 Å². The maximum absolute atomic E-state index is 12.7. The predicted molar refractivity (Wildman–Crippen MR) is 91.3 cm³/mol. The molecule has 27 heavy (non-hydrogen) atoms. The maximum atomic E-state index is 12.7. The van der Waals surface area contributed by atoms with E-state index in [4.69, 9.17) is 4.74 Å². The SMILES string of the molecule is CCC(CC(F)(F)F)C(=O)N1CCC(C)(NC(=O)c2cc(OC)n(C)n2)C1. The minimum Gasteiger partial charge on any atom is -0.481 e. The minimum absolute atomic E-state index is 0.117. The molecule has 152 valence electrons. The predicted octanol–water partition coefficient (Wildman–Crippen LogP) is 2.13. The number of nitrogens with zero attached hydrogens (tertiary/aromatic N) is 3. The van der Waals surface area contributed by atoms with E-state index in [2.05, 4.69) is 10.4 Å². The Kier molecular flexibility index (Phi) is 6.06. The van der Waals surface area contributed by atoms with E-state index in [1.165, 1.54) is 22.8 Å². The van der Waals surface area contributed by atoms with Gasteiger partial charge in [-0.25, -0.2) is 4.68 Å². The molecule has 0 saturated carbocycles. The number of ether oxygens (including phenoxy) is 1. The third kappa shape index (κ3) is 5.14. The van der Waals surface area contributed by atoms with Crippen LogP contribution in [0.1, 0.15) is 43.6 Å². The van der Waals surface area contributed by atoms with Gasteiger partial charge in [-0.3, -0.25) is 9.59 Å². The molecule has 0 aliphatic carbocycles. The van der Waals surface area contributed by atoms with E-state index in [9.17, 15) is 22.8 Å². The Morgan fingerprint density at radius 1 is 1.44 bits per heavy atom. The van der Waals surface area contributed by atoms with Crippen LogP contribution in [0.15, 0.2) is 6.07 Å². The highest BCUT2D eigenvalue weighted by molar-refractivity contribution is 5.93. The van der Waals surface area contributed by atoms with E-state index in [0.717, 1.165) is 0 Å². The minimum atomic E-state index is -4.38. The van der Waals surface area contributed by atoms with E-state index in [1.807, 2.05) is 0 Å². The van der Waals surface area contributed by atoms with Crippen molar-refractivity contribution in [2.24, 2.45) is 13.0 Å². The number of hydrogen-bond acceptors (Lipinski definition) is 4. The fourth-order valence-electron chi connectivity index (χ4n) is 3.29. The van der Waals surface area contributed by atoms with Gasteiger partial charge in [0.2, 0.25) is 11.8 Å². The number of halogens is 3. The Morgan fingerprint density at radius 2 is 2.11 bits per heavy atom. The summed E-state index contributed by atoms with van der Waals surface area (Å²) in [5.74, 6) is -1.62. The second-order valence-electron chi connectivity index (χ2n) is 7.14. The molecule has 0 spiro atoms. The number of aromatic nitrogens is 2. The van der Waals surface area contributed by atoms with Crippen LogP contribution in [0.2, 0.25) is 0 Å². The van der Waals surface area contributed by atoms with Gasteiger partial charge in [-0.05, 0) is 19.8 Å². The molecule has 1 aromatic rings. The topological polar surface area (TPSA) is 76.5 Å². The molecule has 7 nitrogen and oxygen atoms in total. The normalized spacial score (nSPS) is 21.2. The zero-order valence-corrected chi connectivity index (χ0v) is 15.9. The molecule has 1 fully saturated rings. The van der Waals surface area contributed by atoms with E-state index in [-0.39, 0.29) is 18.7 Å². The van der Waals surface area contributed by atoms with Crippen LogP contribution in [0.25, 0.3) is 0 Å². The Morgan fingerprint density at radius 3 is 2.63 bits per heavy atom. The molecule has 0 bridgehead atoms. The average molecular weight is 390 g/mol. The van der Waals surface area contributed by atoms with Crippen LogP contribution in [-0.4, -0.2) is 58.4 Å². The Balaban J connectivity index is 2.02. The van der Waals surface area contributed by atoms with Crippen LogP contribution >= 0.6 is 0 Å². The monoisotopic (exact) mass is 390 g/mol. The fourth-order valence-corrected chi connectivity index (χ4v) is 3.29. The highest BCUT2D eigenvalue weighted by Gasteiger charge is 2.42. The summed E-state index contributed by atoms with van der Waals surface area (Å²) in [7, 11) is 3.10. The maximum Gasteiger partial charge on any atom is 0.389 e. The Labute approximate surface area is 155 Å². The molecule has 2 atom stereocenters. The number of carbonyl (C=O) groups is 2. The molecule has 2 unspecified atom stereocenters. The molecule has 1 N–H and O–H groups in total. The largest absolute Gasteiger partial charge is 0.481 e. The number of amides is 2. The summed E-state index contributed by atoms with van der Waals surface area (Å²) in [6.45, 7) is 3.80. The molecular weight excluding hydrogens is 365 g/mol. The number of carbonyl (C=O) groups excluding carboxylic acids is 2. The first-order chi connectivity index (χ1) is 12.5. The van der Waals surface area contributed by atoms with Crippen LogP contribution in [0.4, 0.5) is 13.2 Å². The Hall–Kier alpha value is -2.26. The van der Waals surface area contributed by atoms with Crippen molar-refractivity contribution in [2.45, 2.75) is 44.8 Å². The van der Waals surface area contributed by atoms with Crippen molar-refractivity contribution in [2.75, 3.05) is 20.2 Å². The molecule has 0 radical (unpaired) electrons. The van der Waals surface area contributed by atoms with Crippen molar-refractivity contribution in [1.29, 1.82) is 0 Å². The molecule has 1 aliphatic heterocycles. The summed E-state index contributed by atoms with van der Waals surface area (Å²) < 4.78 is 44.5. The van der Waals surface area contributed by atoms with Gasteiger partial charge in [-0.2, -0.15) is 18.3 Å². The first-order valence-electron chi connectivity index (χ1n) is 8.74. The average Bonchev–Trinajstić information content (AvgIpc) is 3.14. The molecule has 0 aromatic carbocycles. The summed E-state index contributed by atoms with van der Waals surface area (Å²) in [6.07, 6.45) is -4.94. The van der Waals surface area contributed by atoms with E-state index >= 15 is 0 Å². The van der Waals surface area contributed by atoms with Crippen molar-refractivity contribution >= 4 is 11.8 Å². The highest BCUT2D eigenvalue weighted by atomic mass is 19.4. The number of hydrogen-bond donors (Lipinski definition) is 1. The standard InChI is InChI=1S/C17H25F3N4O3/c1-5-11(9-17(18,19)20)15(26)24-7-6-16(2,10-24)21-14(25)12-8-13(27-4)23(3)22-12/h8,11H,5-7,9-10H2,1-4H3,(H,21,25). The molecular formula is C17H25F3N4O3. The number of alkyl halides is 3. The molecule has 1 aliphatic rings. The summed E-state index contributed by atoms with van der Waals surface area (Å²) >= 11 is 0. The number of methoxy groups -OCH3 is 1. The van der Waals surface area contributed by atoms with Gasteiger partial charge in [0.05, 0.1) is 19.1 Å². The van der Waals surface area contributed by atoms with Crippen LogP contribution in [0.5, 0.6) is 5.88 Å². The summed E-state index contributed by atoms with van der Waals surface area (Å²) in [5, 5.41) is 6.90. The van der Waals surface area contributed by atoms with Crippen LogP contribution in [-0.2, 0) is 11.8 Å². The van der Waals surface area contributed by atoms with Gasteiger partial charge in [-0.1, -0.05) is 6.92 Å². The van der Waals surface area contributed by atoms with Crippen molar-refractivity contribution in [3.8, 4) is 5.88 Å². The van der Waals surface area contributed by atoms with E-state index < -0.39 is 35.9 Å². The zero-order valence-electron chi connectivity index (χ0n) is 15.9. The summed E-state index contributed by atoms with van der Waals surface area (Å²) in [5.41, 5.74) is -0.558. The lowest BCUT2D eigenvalue weighted by molar-refractivity contribution is -0.159. The van der Waals surface area contributed by atoms with Crippen LogP contribution in [0.3, 0.4) is 0 Å². The lowest BCUT2D eigenvalue weighted by atomic mass is 9.99. The van der Waals surface area contributed by atoms with Gasteiger partial charge in [0, 0.05) is 32.1 Å². The summed E-state index contributed by atoms with van der Waals surface area (Å²) in [4.78, 5) is 26.3. The lowest BCUT2D eigenvalue weighted by Gasteiger charge is -2.27. The highest BCUT2D eigenvalue weighted by Crippen LogP contribution is 2.30. The number of likely N-dealkylation sites (tertiary alicyclic amines) is 1. The van der Waals surface area contributed by atoms with Gasteiger partial charge < -0.3 is 15.0 Å². The fraction of sp³-hybridized carbons (Fsp3) is 0.706. The van der Waals surface area contributed by atoms with Gasteiger partial charge in [0.1, 0.15) is 0 Å². The van der Waals surface area contributed by atoms with Crippen molar-refractivity contribution in [1.82, 2.24) is 20.0 Å². The van der Waals surface area contributed by atoms with Gasteiger partial charge >= 0.3 is 6.18 Å². The smallest absolute Gasteiger partial charge is 0.389 e. The third-order valence-corrected chi connectivity index (χ3v) is 4.80. The second kappa shape index (κ2) is 7.77. The molecule has 1 aromatic heterocycles. The molecule has 10 heteroatoms. The molecule has 1 saturated heterocycles. The quantitative estimate of drug-likeness (QED) is 0.807. The first kappa shape index (κ1) is 21.0. The van der Waals surface area contributed by atoms with Crippen LogP contribution in [0, 0.1) is 5.92 Å². The number of rotatable bonds is 6. The van der Waals surface area contributed by atoms with Gasteiger partial charge in [0.15, 0.2) is 5.69 Å². The Bertz CT molecular complexity index is 704. The number of aryl methyl sites for hydroxylation is 1. The number of nitrogens with one attached hydrogen (secondary N) is 1. The molecule has 2 heterocycles. The van der Waals surface area contributed by atoms with Crippen molar-refractivity contribution in [3.05, 3.63) is 11.8 Å². The van der Waals surface area contributed by atoms with Gasteiger partial charge in [-0.15, -0.1) is 0 Å². The van der Waals surface area contributed by atoms with E-state index in [1.54, 1.807) is 20.9 Å². The van der Waals surface area contributed by atoms with Gasteiger partial charge in [0.25, 0.3) is 5.91 Å². The second-order valence-corrected chi connectivity index (χ2v) is 7.14. The molecule has 2 amide bonds. The lowest BCUT2D eigenvalue weighted by Crippen LogP contribution is -2.49. The van der Waals surface area contributed by atoms with E-state index in [0.29, 0.717) is 18.8 Å².